The minimum Gasteiger partial charge on any atom is -0.391 e. The lowest BCUT2D eigenvalue weighted by Crippen LogP contribution is -2.21. The molecule has 6 heteroatoms. The minimum atomic E-state index is -0.492. The zero-order valence-corrected chi connectivity index (χ0v) is 11.6. The molecule has 0 fully saturated rings. The largest absolute Gasteiger partial charge is 0.391 e. The fourth-order valence-electron chi connectivity index (χ4n) is 1.25. The Bertz CT molecular complexity index is 469. The summed E-state index contributed by atoms with van der Waals surface area (Å²) in [5.41, 5.74) is 6.34. The van der Waals surface area contributed by atoms with Gasteiger partial charge in [-0.15, -0.1) is 22.7 Å². The molecule has 0 aliphatic heterocycles. The van der Waals surface area contributed by atoms with Gasteiger partial charge in [0.15, 0.2) is 0 Å². The number of aromatic nitrogens is 1. The van der Waals surface area contributed by atoms with Gasteiger partial charge in [0.05, 0.1) is 25.5 Å². The summed E-state index contributed by atoms with van der Waals surface area (Å²) in [5.74, 6) is 0. The number of thiophene rings is 1. The van der Waals surface area contributed by atoms with E-state index in [1.807, 2.05) is 17.5 Å². The Morgan fingerprint density at radius 1 is 1.50 bits per heavy atom. The molecule has 0 saturated carbocycles. The van der Waals surface area contributed by atoms with Crippen molar-refractivity contribution in [3.05, 3.63) is 26.3 Å². The molecule has 0 saturated heterocycles. The molecule has 0 aliphatic rings. The molecular weight excluding hydrogens is 308 g/mol. The number of rotatable bonds is 4. The molecule has 1 atom stereocenters. The average molecular weight is 319 g/mol. The van der Waals surface area contributed by atoms with Crippen molar-refractivity contribution in [2.45, 2.75) is 12.5 Å². The maximum absolute atomic E-state index is 9.43. The van der Waals surface area contributed by atoms with Gasteiger partial charge in [0.25, 0.3) is 0 Å². The van der Waals surface area contributed by atoms with Gasteiger partial charge in [-0.25, -0.2) is 4.98 Å². The topological polar surface area (TPSA) is 59.1 Å². The number of nitrogens with two attached hydrogens (primary N) is 1. The van der Waals surface area contributed by atoms with Crippen molar-refractivity contribution in [1.82, 2.24) is 4.98 Å². The molecule has 86 valence electrons. The first-order valence-electron chi connectivity index (χ1n) is 4.77. The van der Waals surface area contributed by atoms with Gasteiger partial charge < -0.3 is 10.8 Å². The highest BCUT2D eigenvalue weighted by molar-refractivity contribution is 9.11. The Kier molecular flexibility index (Phi) is 4.10. The van der Waals surface area contributed by atoms with Gasteiger partial charge in [0, 0.05) is 18.3 Å². The molecule has 0 amide bonds. The number of aliphatic hydroxyl groups is 1. The number of hydrogen-bond acceptors (Lipinski definition) is 5. The fraction of sp³-hybridized carbons (Fsp3) is 0.300. The van der Waals surface area contributed by atoms with E-state index in [1.54, 1.807) is 22.7 Å². The van der Waals surface area contributed by atoms with Crippen molar-refractivity contribution >= 4 is 38.6 Å². The molecule has 0 radical (unpaired) electrons. The Labute approximate surface area is 110 Å². The van der Waals surface area contributed by atoms with Crippen molar-refractivity contribution in [3.63, 3.8) is 0 Å². The molecule has 2 aromatic rings. The van der Waals surface area contributed by atoms with Crippen LogP contribution in [0.15, 0.2) is 21.3 Å². The lowest BCUT2D eigenvalue weighted by molar-refractivity contribution is 0.183. The highest BCUT2D eigenvalue weighted by atomic mass is 79.9. The van der Waals surface area contributed by atoms with E-state index in [4.69, 9.17) is 5.73 Å². The van der Waals surface area contributed by atoms with Gasteiger partial charge in [0.2, 0.25) is 0 Å². The maximum Gasteiger partial charge on any atom is 0.0959 e. The van der Waals surface area contributed by atoms with Crippen LogP contribution in [0.5, 0.6) is 0 Å². The molecule has 2 heterocycles. The predicted octanol–water partition coefficient (Wildman–Crippen LogP) is 2.50. The zero-order valence-electron chi connectivity index (χ0n) is 8.39. The van der Waals surface area contributed by atoms with Crippen molar-refractivity contribution in [3.8, 4) is 10.6 Å². The second-order valence-electron chi connectivity index (χ2n) is 3.32. The van der Waals surface area contributed by atoms with Gasteiger partial charge >= 0.3 is 0 Å². The first-order valence-corrected chi connectivity index (χ1v) is 7.26. The molecule has 1 unspecified atom stereocenters. The van der Waals surface area contributed by atoms with E-state index in [2.05, 4.69) is 20.9 Å². The average Bonchev–Trinajstić information content (AvgIpc) is 2.87. The van der Waals surface area contributed by atoms with Crippen molar-refractivity contribution in [2.24, 2.45) is 5.73 Å². The van der Waals surface area contributed by atoms with Crippen LogP contribution in [0.2, 0.25) is 0 Å². The summed E-state index contributed by atoms with van der Waals surface area (Å²) in [6, 6.07) is 4.04. The summed E-state index contributed by atoms with van der Waals surface area (Å²) in [7, 11) is 0. The van der Waals surface area contributed by atoms with Crippen LogP contribution in [0, 0.1) is 0 Å². The molecule has 0 aliphatic carbocycles. The van der Waals surface area contributed by atoms with Gasteiger partial charge in [-0.05, 0) is 28.1 Å². The summed E-state index contributed by atoms with van der Waals surface area (Å²) in [6.07, 6.45) is 0.0438. The smallest absolute Gasteiger partial charge is 0.0959 e. The fourth-order valence-corrected chi connectivity index (χ4v) is 3.54. The Morgan fingerprint density at radius 3 is 2.94 bits per heavy atom. The molecule has 2 aromatic heterocycles. The van der Waals surface area contributed by atoms with Crippen molar-refractivity contribution < 1.29 is 5.11 Å². The summed E-state index contributed by atoms with van der Waals surface area (Å²) < 4.78 is 1.10. The number of aliphatic hydroxyl groups excluding tert-OH is 1. The summed E-state index contributed by atoms with van der Waals surface area (Å²) in [6.45, 7) is 0.277. The van der Waals surface area contributed by atoms with Crippen LogP contribution in [-0.2, 0) is 6.42 Å². The lowest BCUT2D eigenvalue weighted by Gasteiger charge is -2.02. The van der Waals surface area contributed by atoms with E-state index in [9.17, 15) is 5.11 Å². The van der Waals surface area contributed by atoms with Crippen LogP contribution in [0.25, 0.3) is 10.6 Å². The standard InChI is InChI=1S/C10H11BrN2OS2/c11-9-2-1-8(16-9)7-5-15-10(13-7)3-6(14)4-12/h1-2,5-6,14H,3-4,12H2. The molecule has 3 nitrogen and oxygen atoms in total. The lowest BCUT2D eigenvalue weighted by atomic mass is 10.3. The SMILES string of the molecule is NCC(O)Cc1nc(-c2ccc(Br)s2)cs1. The van der Waals surface area contributed by atoms with Gasteiger partial charge in [-0.2, -0.15) is 0 Å². The van der Waals surface area contributed by atoms with Crippen LogP contribution >= 0.6 is 38.6 Å². The molecular formula is C10H11BrN2OS2. The number of hydrogen-bond donors (Lipinski definition) is 2. The third-order valence-corrected chi connectivity index (χ3v) is 4.58. The first-order chi connectivity index (χ1) is 7.69. The highest BCUT2D eigenvalue weighted by Crippen LogP contribution is 2.31. The Balaban J connectivity index is 2.13. The first kappa shape index (κ1) is 12.2. The molecule has 2 rings (SSSR count). The zero-order chi connectivity index (χ0) is 11.5. The Hall–Kier alpha value is -0.270. The van der Waals surface area contributed by atoms with E-state index in [0.717, 1.165) is 19.4 Å². The molecule has 0 bridgehead atoms. The third kappa shape index (κ3) is 2.89. The van der Waals surface area contributed by atoms with Crippen molar-refractivity contribution in [1.29, 1.82) is 0 Å². The molecule has 3 N–H and O–H groups in total. The normalized spacial score (nSPS) is 12.9. The van der Waals surface area contributed by atoms with E-state index in [-0.39, 0.29) is 6.54 Å². The number of thiazole rings is 1. The van der Waals surface area contributed by atoms with Crippen LogP contribution in [-0.4, -0.2) is 22.7 Å². The van der Waals surface area contributed by atoms with Gasteiger partial charge in [-0.3, -0.25) is 0 Å². The second-order valence-corrected chi connectivity index (χ2v) is 6.73. The predicted molar refractivity (Wildman–Crippen MR) is 71.9 cm³/mol. The van der Waals surface area contributed by atoms with Gasteiger partial charge in [-0.1, -0.05) is 0 Å². The van der Waals surface area contributed by atoms with Crippen LogP contribution < -0.4 is 5.73 Å². The Morgan fingerprint density at radius 2 is 2.31 bits per heavy atom. The third-order valence-electron chi connectivity index (χ3n) is 2.06. The van der Waals surface area contributed by atoms with E-state index >= 15 is 0 Å². The van der Waals surface area contributed by atoms with E-state index in [1.165, 1.54) is 0 Å². The second kappa shape index (κ2) is 5.37. The number of halogens is 1. The number of nitrogens with zero attached hydrogens (tertiary/aromatic N) is 1. The quantitative estimate of drug-likeness (QED) is 0.910. The monoisotopic (exact) mass is 318 g/mol. The summed E-state index contributed by atoms with van der Waals surface area (Å²) in [5, 5.41) is 12.4. The highest BCUT2D eigenvalue weighted by Gasteiger charge is 2.09. The summed E-state index contributed by atoms with van der Waals surface area (Å²) in [4.78, 5) is 5.61. The van der Waals surface area contributed by atoms with Crippen LogP contribution in [0.1, 0.15) is 5.01 Å². The van der Waals surface area contributed by atoms with Gasteiger partial charge in [0.1, 0.15) is 0 Å². The van der Waals surface area contributed by atoms with E-state index < -0.39 is 6.10 Å². The molecule has 16 heavy (non-hydrogen) atoms. The van der Waals surface area contributed by atoms with E-state index in [0.29, 0.717) is 6.42 Å². The van der Waals surface area contributed by atoms with Crippen molar-refractivity contribution in [2.75, 3.05) is 6.54 Å². The maximum atomic E-state index is 9.43. The van der Waals surface area contributed by atoms with Crippen LogP contribution in [0.4, 0.5) is 0 Å². The minimum absolute atomic E-state index is 0.277. The van der Waals surface area contributed by atoms with Crippen LogP contribution in [0.3, 0.4) is 0 Å². The summed E-state index contributed by atoms with van der Waals surface area (Å²) >= 11 is 6.64. The molecule has 0 spiro atoms. The molecule has 0 aromatic carbocycles.